The molecule has 0 atom stereocenters. The second kappa shape index (κ2) is 5.35. The van der Waals surface area contributed by atoms with Crippen molar-refractivity contribution in [2.24, 2.45) is 0 Å². The molecule has 0 aliphatic carbocycles. The quantitative estimate of drug-likeness (QED) is 0.911. The number of nitrogens with zero attached hydrogens (tertiary/aromatic N) is 1. The van der Waals surface area contributed by atoms with Gasteiger partial charge in [-0.3, -0.25) is 4.90 Å². The van der Waals surface area contributed by atoms with Crippen LogP contribution in [0.15, 0.2) is 24.3 Å². The first kappa shape index (κ1) is 15.0. The number of carbonyl (C=O) groups is 1. The monoisotopic (exact) mass is 316 g/mol. The third-order valence-corrected chi connectivity index (χ3v) is 3.87. The smallest absolute Gasteiger partial charge is 0.441 e. The molecule has 2 fully saturated rings. The number of carbonyl (C=O) groups excluding carboxylic acids is 1. The maximum absolute atomic E-state index is 12.1. The highest BCUT2D eigenvalue weighted by atomic mass is 19.4. The van der Waals surface area contributed by atoms with Gasteiger partial charge in [-0.25, -0.2) is 4.79 Å². The zero-order valence-corrected chi connectivity index (χ0v) is 11.7. The Bertz CT molecular complexity index is 553. The summed E-state index contributed by atoms with van der Waals surface area (Å²) in [4.78, 5) is 13.5. The van der Waals surface area contributed by atoms with Crippen molar-refractivity contribution in [3.63, 3.8) is 0 Å². The fourth-order valence-corrected chi connectivity index (χ4v) is 2.79. The Morgan fingerprint density at radius 1 is 1.18 bits per heavy atom. The lowest BCUT2D eigenvalue weighted by atomic mass is 9.92. The minimum absolute atomic E-state index is 0.319. The maximum Gasteiger partial charge on any atom is 0.573 e. The van der Waals surface area contributed by atoms with Crippen LogP contribution in [-0.4, -0.2) is 37.7 Å². The first-order chi connectivity index (χ1) is 10.4. The van der Waals surface area contributed by atoms with Crippen molar-refractivity contribution >= 4 is 11.8 Å². The van der Waals surface area contributed by atoms with Gasteiger partial charge in [-0.15, -0.1) is 13.2 Å². The van der Waals surface area contributed by atoms with E-state index in [2.05, 4.69) is 10.1 Å². The fourth-order valence-electron chi connectivity index (χ4n) is 2.79. The molecule has 2 aliphatic rings. The van der Waals surface area contributed by atoms with Crippen LogP contribution in [0.3, 0.4) is 0 Å². The molecule has 2 aliphatic heterocycles. The van der Waals surface area contributed by atoms with Crippen LogP contribution in [0, 0.1) is 0 Å². The van der Waals surface area contributed by atoms with Crippen molar-refractivity contribution in [3.8, 4) is 5.75 Å². The molecule has 2 heterocycles. The van der Waals surface area contributed by atoms with Crippen LogP contribution in [0.4, 0.5) is 23.7 Å². The van der Waals surface area contributed by atoms with Gasteiger partial charge in [0, 0.05) is 18.5 Å². The van der Waals surface area contributed by atoms with Gasteiger partial charge in [-0.05, 0) is 37.4 Å². The van der Waals surface area contributed by atoms with Gasteiger partial charge in [0.15, 0.2) is 0 Å². The van der Waals surface area contributed by atoms with E-state index < -0.39 is 18.1 Å². The highest BCUT2D eigenvalue weighted by molar-refractivity contribution is 5.90. The summed E-state index contributed by atoms with van der Waals surface area (Å²) in [7, 11) is 0. The number of amides is 1. The van der Waals surface area contributed by atoms with Gasteiger partial charge in [0.1, 0.15) is 11.4 Å². The van der Waals surface area contributed by atoms with E-state index in [4.69, 9.17) is 4.74 Å². The molecule has 1 aromatic rings. The number of hydrogen-bond acceptors (Lipinski definition) is 4. The van der Waals surface area contributed by atoms with Crippen molar-refractivity contribution in [1.29, 1.82) is 0 Å². The summed E-state index contributed by atoms with van der Waals surface area (Å²) in [6.45, 7) is 1.96. The van der Waals surface area contributed by atoms with Crippen LogP contribution in [0.1, 0.15) is 12.8 Å². The van der Waals surface area contributed by atoms with E-state index in [-0.39, 0.29) is 5.75 Å². The van der Waals surface area contributed by atoms with Crippen LogP contribution in [0.25, 0.3) is 0 Å². The third-order valence-electron chi connectivity index (χ3n) is 3.87. The zero-order valence-electron chi connectivity index (χ0n) is 11.7. The van der Waals surface area contributed by atoms with Crippen molar-refractivity contribution in [3.05, 3.63) is 24.3 Å². The van der Waals surface area contributed by atoms with Crippen molar-refractivity contribution in [1.82, 2.24) is 5.32 Å². The van der Waals surface area contributed by atoms with E-state index in [1.807, 2.05) is 0 Å². The Kier molecular flexibility index (Phi) is 3.64. The lowest BCUT2D eigenvalue weighted by molar-refractivity contribution is -0.274. The summed E-state index contributed by atoms with van der Waals surface area (Å²) in [6.07, 6.45) is -3.74. The Morgan fingerprint density at radius 2 is 1.82 bits per heavy atom. The number of anilines is 1. The number of hydrogen-bond donors (Lipinski definition) is 1. The summed E-state index contributed by atoms with van der Waals surface area (Å²) in [5, 5.41) is 3.20. The summed E-state index contributed by atoms with van der Waals surface area (Å²) < 4.78 is 45.7. The van der Waals surface area contributed by atoms with Crippen LogP contribution in [0.2, 0.25) is 0 Å². The van der Waals surface area contributed by atoms with Crippen LogP contribution in [0.5, 0.6) is 5.75 Å². The summed E-state index contributed by atoms with van der Waals surface area (Å²) >= 11 is 0. The van der Waals surface area contributed by atoms with Crippen molar-refractivity contribution in [2.75, 3.05) is 24.5 Å². The average Bonchev–Trinajstić information content (AvgIpc) is 2.75. The second-order valence-corrected chi connectivity index (χ2v) is 5.43. The molecular formula is C14H15F3N2O3. The summed E-state index contributed by atoms with van der Waals surface area (Å²) in [5.41, 5.74) is -0.00125. The molecular weight excluding hydrogens is 301 g/mol. The zero-order chi connectivity index (χ0) is 15.8. The summed E-state index contributed by atoms with van der Waals surface area (Å²) in [6, 6.07) is 5.21. The Balaban J connectivity index is 1.73. The Hall–Kier alpha value is -1.96. The van der Waals surface area contributed by atoms with Gasteiger partial charge in [-0.2, -0.15) is 0 Å². The topological polar surface area (TPSA) is 50.8 Å². The number of rotatable bonds is 2. The molecule has 0 bridgehead atoms. The highest BCUT2D eigenvalue weighted by Gasteiger charge is 2.46. The van der Waals surface area contributed by atoms with E-state index >= 15 is 0 Å². The lowest BCUT2D eigenvalue weighted by Crippen LogP contribution is -2.44. The molecule has 1 N–H and O–H groups in total. The maximum atomic E-state index is 12.1. The highest BCUT2D eigenvalue weighted by Crippen LogP contribution is 2.35. The largest absolute Gasteiger partial charge is 0.573 e. The minimum atomic E-state index is -4.73. The third kappa shape index (κ3) is 3.11. The Labute approximate surface area is 125 Å². The molecule has 0 saturated carbocycles. The van der Waals surface area contributed by atoms with E-state index in [9.17, 15) is 18.0 Å². The van der Waals surface area contributed by atoms with Crippen molar-refractivity contribution < 1.29 is 27.4 Å². The molecule has 0 radical (unpaired) electrons. The van der Waals surface area contributed by atoms with Crippen LogP contribution < -0.4 is 15.0 Å². The molecule has 120 valence electrons. The van der Waals surface area contributed by atoms with Gasteiger partial charge in [0.25, 0.3) is 0 Å². The molecule has 3 rings (SSSR count). The number of halogens is 3. The lowest BCUT2D eigenvalue weighted by Gasteiger charge is -2.31. The van der Waals surface area contributed by atoms with E-state index in [1.54, 1.807) is 0 Å². The van der Waals surface area contributed by atoms with E-state index in [0.717, 1.165) is 25.9 Å². The van der Waals surface area contributed by atoms with Gasteiger partial charge < -0.3 is 14.8 Å². The first-order valence-electron chi connectivity index (χ1n) is 6.94. The molecule has 0 unspecified atom stereocenters. The number of benzene rings is 1. The van der Waals surface area contributed by atoms with E-state index in [1.165, 1.54) is 29.2 Å². The molecule has 1 amide bonds. The normalized spacial score (nSPS) is 21.0. The number of ether oxygens (including phenoxy) is 2. The van der Waals surface area contributed by atoms with Gasteiger partial charge in [0.2, 0.25) is 0 Å². The first-order valence-corrected chi connectivity index (χ1v) is 6.94. The summed E-state index contributed by atoms with van der Waals surface area (Å²) in [5.74, 6) is -0.319. The average molecular weight is 316 g/mol. The predicted molar refractivity (Wildman–Crippen MR) is 71.8 cm³/mol. The van der Waals surface area contributed by atoms with Gasteiger partial charge >= 0.3 is 12.5 Å². The minimum Gasteiger partial charge on any atom is -0.441 e. The molecule has 8 heteroatoms. The molecule has 0 aromatic heterocycles. The van der Waals surface area contributed by atoms with Crippen LogP contribution in [-0.2, 0) is 4.74 Å². The molecule has 5 nitrogen and oxygen atoms in total. The number of nitrogens with one attached hydrogen (secondary N) is 1. The Morgan fingerprint density at radius 3 is 2.41 bits per heavy atom. The molecule has 1 spiro atoms. The predicted octanol–water partition coefficient (Wildman–Crippen LogP) is 2.66. The van der Waals surface area contributed by atoms with E-state index in [0.29, 0.717) is 12.2 Å². The molecule has 1 aromatic carbocycles. The SMILES string of the molecule is O=C1OC2(CCNCC2)CN1c1ccc(OC(F)(F)F)cc1. The standard InChI is InChI=1S/C14H15F3N2O3/c15-14(16,17)21-11-3-1-10(2-4-11)19-9-13(22-12(19)20)5-7-18-8-6-13/h1-4,18H,5-9H2. The molecule has 2 saturated heterocycles. The van der Waals surface area contributed by atoms with Gasteiger partial charge in [0.05, 0.1) is 6.54 Å². The number of alkyl halides is 3. The van der Waals surface area contributed by atoms with Crippen molar-refractivity contribution in [2.45, 2.75) is 24.8 Å². The fraction of sp³-hybridized carbons (Fsp3) is 0.500. The van der Waals surface area contributed by atoms with Gasteiger partial charge in [-0.1, -0.05) is 0 Å². The second-order valence-electron chi connectivity index (χ2n) is 5.43. The number of piperidine rings is 1. The van der Waals surface area contributed by atoms with Crippen LogP contribution >= 0.6 is 0 Å². The molecule has 22 heavy (non-hydrogen) atoms.